The van der Waals surface area contributed by atoms with Crippen LogP contribution in [-0.4, -0.2) is 35.2 Å². The number of carboxylic acids is 1. The summed E-state index contributed by atoms with van der Waals surface area (Å²) in [6, 6.07) is 4.36. The summed E-state index contributed by atoms with van der Waals surface area (Å²) in [6.07, 6.45) is 0.727. The van der Waals surface area contributed by atoms with Crippen LogP contribution in [0.4, 0.5) is 11.4 Å². The van der Waals surface area contributed by atoms with E-state index < -0.39 is 10.9 Å². The van der Waals surface area contributed by atoms with Crippen LogP contribution in [0.3, 0.4) is 0 Å². The lowest BCUT2D eigenvalue weighted by molar-refractivity contribution is -0.385. The van der Waals surface area contributed by atoms with Gasteiger partial charge in [-0.05, 0) is 26.3 Å². The molecule has 116 valence electrons. The standard InChI is InChI=1S/C14H20N2O5/c1-4-7-21-13-8-11(5-6-12(13)16(19)20)15(10(2)3)9-14(17)18/h5-6,8,10H,4,7,9H2,1-3H3,(H,17,18). The highest BCUT2D eigenvalue weighted by atomic mass is 16.6. The van der Waals surface area contributed by atoms with E-state index in [1.807, 2.05) is 20.8 Å². The number of nitrogens with zero attached hydrogens (tertiary/aromatic N) is 2. The zero-order valence-electron chi connectivity index (χ0n) is 12.4. The van der Waals surface area contributed by atoms with Crippen molar-refractivity contribution in [1.29, 1.82) is 0 Å². The molecule has 0 heterocycles. The van der Waals surface area contributed by atoms with Crippen molar-refractivity contribution in [2.45, 2.75) is 33.2 Å². The van der Waals surface area contributed by atoms with Crippen molar-refractivity contribution in [2.24, 2.45) is 0 Å². The molecular formula is C14H20N2O5. The van der Waals surface area contributed by atoms with Crippen LogP contribution >= 0.6 is 0 Å². The monoisotopic (exact) mass is 296 g/mol. The third-order valence-electron chi connectivity index (χ3n) is 2.86. The van der Waals surface area contributed by atoms with Crippen LogP contribution in [0.5, 0.6) is 5.75 Å². The number of nitro groups is 1. The predicted octanol–water partition coefficient (Wildman–Crippen LogP) is 2.68. The summed E-state index contributed by atoms with van der Waals surface area (Å²) in [5.74, 6) is -0.798. The lowest BCUT2D eigenvalue weighted by atomic mass is 10.2. The number of anilines is 1. The summed E-state index contributed by atoms with van der Waals surface area (Å²) in [4.78, 5) is 23.1. The lowest BCUT2D eigenvalue weighted by Crippen LogP contribution is -2.35. The second kappa shape index (κ2) is 7.47. The molecule has 0 aromatic heterocycles. The molecular weight excluding hydrogens is 276 g/mol. The molecule has 1 aromatic carbocycles. The number of rotatable bonds is 8. The number of carboxylic acid groups (broad SMARTS) is 1. The molecule has 21 heavy (non-hydrogen) atoms. The number of hydrogen-bond donors (Lipinski definition) is 1. The molecule has 0 unspecified atom stereocenters. The van der Waals surface area contributed by atoms with Crippen molar-refractivity contribution in [3.8, 4) is 5.75 Å². The molecule has 0 aliphatic heterocycles. The van der Waals surface area contributed by atoms with Gasteiger partial charge in [0, 0.05) is 23.9 Å². The summed E-state index contributed by atoms with van der Waals surface area (Å²) < 4.78 is 5.41. The maximum absolute atomic E-state index is 11.0. The van der Waals surface area contributed by atoms with Gasteiger partial charge in [-0.15, -0.1) is 0 Å². The van der Waals surface area contributed by atoms with Gasteiger partial charge in [-0.3, -0.25) is 14.9 Å². The number of ether oxygens (including phenoxy) is 1. The quantitative estimate of drug-likeness (QED) is 0.585. The van der Waals surface area contributed by atoms with Crippen LogP contribution < -0.4 is 9.64 Å². The molecule has 1 N–H and O–H groups in total. The molecule has 1 rings (SSSR count). The topological polar surface area (TPSA) is 92.9 Å². The maximum Gasteiger partial charge on any atom is 0.323 e. The zero-order chi connectivity index (χ0) is 16.0. The van der Waals surface area contributed by atoms with E-state index in [1.54, 1.807) is 11.0 Å². The SMILES string of the molecule is CCCOc1cc(N(CC(=O)O)C(C)C)ccc1[N+](=O)[O-]. The van der Waals surface area contributed by atoms with Crippen molar-refractivity contribution in [1.82, 2.24) is 0 Å². The van der Waals surface area contributed by atoms with Gasteiger partial charge in [-0.1, -0.05) is 6.92 Å². The summed E-state index contributed by atoms with van der Waals surface area (Å²) in [5, 5.41) is 20.0. The molecule has 0 radical (unpaired) electrons. The number of hydrogen-bond acceptors (Lipinski definition) is 5. The fourth-order valence-corrected chi connectivity index (χ4v) is 1.88. The molecule has 0 saturated carbocycles. The van der Waals surface area contributed by atoms with Crippen LogP contribution in [0.15, 0.2) is 18.2 Å². The van der Waals surface area contributed by atoms with E-state index in [0.29, 0.717) is 12.3 Å². The molecule has 0 bridgehead atoms. The normalized spacial score (nSPS) is 10.5. The van der Waals surface area contributed by atoms with Crippen molar-refractivity contribution >= 4 is 17.3 Å². The average Bonchev–Trinajstić information content (AvgIpc) is 2.41. The highest BCUT2D eigenvalue weighted by molar-refractivity contribution is 5.74. The van der Waals surface area contributed by atoms with Gasteiger partial charge >= 0.3 is 11.7 Å². The van der Waals surface area contributed by atoms with Crippen molar-refractivity contribution in [3.63, 3.8) is 0 Å². The largest absolute Gasteiger partial charge is 0.487 e. The average molecular weight is 296 g/mol. The van der Waals surface area contributed by atoms with E-state index in [2.05, 4.69) is 0 Å². The molecule has 0 amide bonds. The van der Waals surface area contributed by atoms with E-state index in [0.717, 1.165) is 6.42 Å². The number of carbonyl (C=O) groups is 1. The molecule has 0 atom stereocenters. The molecule has 0 aliphatic carbocycles. The Labute approximate surface area is 123 Å². The van der Waals surface area contributed by atoms with Crippen LogP contribution in [0.2, 0.25) is 0 Å². The van der Waals surface area contributed by atoms with Gasteiger partial charge in [0.2, 0.25) is 0 Å². The van der Waals surface area contributed by atoms with Crippen molar-refractivity contribution in [3.05, 3.63) is 28.3 Å². The summed E-state index contributed by atoms with van der Waals surface area (Å²) in [6.45, 7) is 5.81. The highest BCUT2D eigenvalue weighted by Gasteiger charge is 2.20. The first-order chi connectivity index (χ1) is 9.86. The number of benzene rings is 1. The number of nitro benzene ring substituents is 1. The van der Waals surface area contributed by atoms with Crippen LogP contribution in [0, 0.1) is 10.1 Å². The van der Waals surface area contributed by atoms with Gasteiger partial charge in [0.25, 0.3) is 0 Å². The fraction of sp³-hybridized carbons (Fsp3) is 0.500. The van der Waals surface area contributed by atoms with Gasteiger partial charge in [0.05, 0.1) is 11.5 Å². The van der Waals surface area contributed by atoms with E-state index in [-0.39, 0.29) is 24.0 Å². The summed E-state index contributed by atoms with van der Waals surface area (Å²) in [7, 11) is 0. The zero-order valence-corrected chi connectivity index (χ0v) is 12.4. The third kappa shape index (κ3) is 4.62. The Kier molecular flexibility index (Phi) is 5.95. The Balaban J connectivity index is 3.17. The second-order valence-electron chi connectivity index (χ2n) is 4.87. The smallest absolute Gasteiger partial charge is 0.323 e. The first-order valence-corrected chi connectivity index (χ1v) is 6.76. The van der Waals surface area contributed by atoms with E-state index in [1.165, 1.54) is 12.1 Å². The van der Waals surface area contributed by atoms with E-state index in [4.69, 9.17) is 9.84 Å². The Morgan fingerprint density at radius 2 is 2.14 bits per heavy atom. The Morgan fingerprint density at radius 1 is 1.48 bits per heavy atom. The van der Waals surface area contributed by atoms with Gasteiger partial charge in [-0.2, -0.15) is 0 Å². The van der Waals surface area contributed by atoms with Crippen LogP contribution in [0.25, 0.3) is 0 Å². The summed E-state index contributed by atoms with van der Waals surface area (Å²) >= 11 is 0. The first kappa shape index (κ1) is 16.7. The second-order valence-corrected chi connectivity index (χ2v) is 4.87. The molecule has 0 fully saturated rings. The Bertz CT molecular complexity index is 516. The summed E-state index contributed by atoms with van der Waals surface area (Å²) in [5.41, 5.74) is 0.468. The number of aliphatic carboxylic acids is 1. The Morgan fingerprint density at radius 3 is 2.62 bits per heavy atom. The minimum Gasteiger partial charge on any atom is -0.487 e. The van der Waals surface area contributed by atoms with Crippen molar-refractivity contribution < 1.29 is 19.6 Å². The predicted molar refractivity (Wildman–Crippen MR) is 79.0 cm³/mol. The minimum absolute atomic E-state index is 0.0541. The van der Waals surface area contributed by atoms with Gasteiger partial charge in [0.15, 0.2) is 5.75 Å². The molecule has 7 nitrogen and oxygen atoms in total. The van der Waals surface area contributed by atoms with Gasteiger partial charge in [-0.25, -0.2) is 0 Å². The third-order valence-corrected chi connectivity index (χ3v) is 2.86. The molecule has 1 aromatic rings. The van der Waals surface area contributed by atoms with Gasteiger partial charge < -0.3 is 14.7 Å². The molecule has 0 spiro atoms. The first-order valence-electron chi connectivity index (χ1n) is 6.76. The van der Waals surface area contributed by atoms with E-state index >= 15 is 0 Å². The molecule has 0 aliphatic rings. The lowest BCUT2D eigenvalue weighted by Gasteiger charge is -2.27. The fourth-order valence-electron chi connectivity index (χ4n) is 1.88. The highest BCUT2D eigenvalue weighted by Crippen LogP contribution is 2.32. The van der Waals surface area contributed by atoms with Gasteiger partial charge in [0.1, 0.15) is 6.54 Å². The van der Waals surface area contributed by atoms with Crippen molar-refractivity contribution in [2.75, 3.05) is 18.1 Å². The maximum atomic E-state index is 11.0. The van der Waals surface area contributed by atoms with Crippen LogP contribution in [0.1, 0.15) is 27.2 Å². The molecule has 7 heteroatoms. The molecule has 0 saturated heterocycles. The Hall–Kier alpha value is -2.31. The minimum atomic E-state index is -0.960. The van der Waals surface area contributed by atoms with Crippen LogP contribution in [-0.2, 0) is 4.79 Å². The van der Waals surface area contributed by atoms with E-state index in [9.17, 15) is 14.9 Å².